The van der Waals surface area contributed by atoms with Crippen molar-refractivity contribution in [3.63, 3.8) is 0 Å². The van der Waals surface area contributed by atoms with Gasteiger partial charge in [0, 0.05) is 39.1 Å². The van der Waals surface area contributed by atoms with Crippen LogP contribution in [0.3, 0.4) is 0 Å². The van der Waals surface area contributed by atoms with E-state index in [1.54, 1.807) is 0 Å². The number of aliphatic hydroxyl groups is 1. The Morgan fingerprint density at radius 3 is 2.50 bits per heavy atom. The average molecular weight is 375 g/mol. The second-order valence-corrected chi connectivity index (χ2v) is 7.55. The molecule has 2 aliphatic heterocycles. The maximum absolute atomic E-state index is 12.5. The minimum Gasteiger partial charge on any atom is -0.393 e. The zero-order valence-electron chi connectivity index (χ0n) is 15.3. The molecule has 1 N–H and O–H groups in total. The fraction of sp³-hybridized carbons (Fsp3) is 0.882. The zero-order valence-corrected chi connectivity index (χ0v) is 15.3. The molecule has 0 aromatic carbocycles. The van der Waals surface area contributed by atoms with Gasteiger partial charge in [0.1, 0.15) is 11.6 Å². The summed E-state index contributed by atoms with van der Waals surface area (Å²) in [5.41, 5.74) is 0. The number of piperidine rings is 2. The fourth-order valence-corrected chi connectivity index (χ4v) is 3.90. The van der Waals surface area contributed by atoms with Gasteiger partial charge in [0.15, 0.2) is 0 Å². The highest BCUT2D eigenvalue weighted by Gasteiger charge is 2.31. The van der Waals surface area contributed by atoms with Crippen LogP contribution in [-0.2, 0) is 13.6 Å². The number of rotatable bonds is 5. The molecule has 148 valence electrons. The molecule has 3 rings (SSSR count). The number of nitrogens with zero attached hydrogens (tertiary/aromatic N) is 5. The van der Waals surface area contributed by atoms with E-state index in [1.165, 1.54) is 0 Å². The van der Waals surface area contributed by atoms with Crippen LogP contribution in [0, 0.1) is 0 Å². The lowest BCUT2D eigenvalue weighted by molar-refractivity contribution is -0.138. The van der Waals surface area contributed by atoms with Gasteiger partial charge in [0.2, 0.25) is 0 Å². The van der Waals surface area contributed by atoms with Crippen LogP contribution in [0.5, 0.6) is 0 Å². The van der Waals surface area contributed by atoms with Crippen molar-refractivity contribution in [3.05, 3.63) is 11.6 Å². The standard InChI is InChI=1S/C17H28F3N5O/c1-23-15(12-25-8-4-14(26)5-9-25)21-22-16(23)13-3-2-7-24(11-13)10-6-17(18,19)20/h13-14,26H,2-12H2,1H3/t13-/m1/s1. The summed E-state index contributed by atoms with van der Waals surface area (Å²) in [5, 5.41) is 18.3. The predicted octanol–water partition coefficient (Wildman–Crippen LogP) is 1.90. The van der Waals surface area contributed by atoms with Crippen molar-refractivity contribution < 1.29 is 18.3 Å². The maximum atomic E-state index is 12.5. The van der Waals surface area contributed by atoms with Crippen LogP contribution in [0.25, 0.3) is 0 Å². The first-order valence-electron chi connectivity index (χ1n) is 9.39. The molecule has 0 radical (unpaired) electrons. The molecule has 0 saturated carbocycles. The van der Waals surface area contributed by atoms with Gasteiger partial charge >= 0.3 is 6.18 Å². The minimum absolute atomic E-state index is 0.0564. The third kappa shape index (κ3) is 5.17. The van der Waals surface area contributed by atoms with Crippen LogP contribution in [0.2, 0.25) is 0 Å². The molecule has 6 nitrogen and oxygen atoms in total. The van der Waals surface area contributed by atoms with Gasteiger partial charge in [-0.1, -0.05) is 0 Å². The minimum atomic E-state index is -4.10. The number of alkyl halides is 3. The molecule has 9 heteroatoms. The lowest BCUT2D eigenvalue weighted by atomic mass is 9.97. The number of likely N-dealkylation sites (tertiary alicyclic amines) is 2. The van der Waals surface area contributed by atoms with Crippen molar-refractivity contribution in [2.75, 3.05) is 32.7 Å². The first-order valence-corrected chi connectivity index (χ1v) is 9.39. The van der Waals surface area contributed by atoms with Gasteiger partial charge in [-0.05, 0) is 32.2 Å². The van der Waals surface area contributed by atoms with Crippen LogP contribution < -0.4 is 0 Å². The topological polar surface area (TPSA) is 57.4 Å². The van der Waals surface area contributed by atoms with Crippen molar-refractivity contribution in [2.45, 2.75) is 56.8 Å². The average Bonchev–Trinajstić information content (AvgIpc) is 2.95. The van der Waals surface area contributed by atoms with Crippen molar-refractivity contribution in [3.8, 4) is 0 Å². The second kappa shape index (κ2) is 8.22. The first kappa shape index (κ1) is 19.6. The summed E-state index contributed by atoms with van der Waals surface area (Å²) in [4.78, 5) is 4.15. The quantitative estimate of drug-likeness (QED) is 0.852. The van der Waals surface area contributed by atoms with Crippen LogP contribution in [0.1, 0.15) is 49.7 Å². The Morgan fingerprint density at radius 2 is 1.81 bits per heavy atom. The summed E-state index contributed by atoms with van der Waals surface area (Å²) < 4.78 is 39.4. The smallest absolute Gasteiger partial charge is 0.390 e. The van der Waals surface area contributed by atoms with Crippen molar-refractivity contribution >= 4 is 0 Å². The van der Waals surface area contributed by atoms with E-state index in [-0.39, 0.29) is 18.6 Å². The Balaban J connectivity index is 1.58. The Bertz CT molecular complexity index is 583. The summed E-state index contributed by atoms with van der Waals surface area (Å²) in [6, 6.07) is 0. The molecule has 2 aliphatic rings. The third-order valence-corrected chi connectivity index (χ3v) is 5.50. The van der Waals surface area contributed by atoms with Crippen molar-refractivity contribution in [1.82, 2.24) is 24.6 Å². The number of halogens is 3. The highest BCUT2D eigenvalue weighted by molar-refractivity contribution is 5.04. The third-order valence-electron chi connectivity index (χ3n) is 5.50. The van der Waals surface area contributed by atoms with E-state index < -0.39 is 12.6 Å². The lowest BCUT2D eigenvalue weighted by Gasteiger charge is -2.32. The predicted molar refractivity (Wildman–Crippen MR) is 90.6 cm³/mol. The number of hydrogen-bond acceptors (Lipinski definition) is 5. The molecule has 0 aliphatic carbocycles. The van der Waals surface area contributed by atoms with Gasteiger partial charge in [0.05, 0.1) is 19.1 Å². The summed E-state index contributed by atoms with van der Waals surface area (Å²) in [7, 11) is 1.94. The van der Waals surface area contributed by atoms with Gasteiger partial charge < -0.3 is 14.6 Å². The van der Waals surface area contributed by atoms with Gasteiger partial charge in [-0.2, -0.15) is 13.2 Å². The molecule has 2 fully saturated rings. The van der Waals surface area contributed by atoms with E-state index >= 15 is 0 Å². The molecule has 0 amide bonds. The Morgan fingerprint density at radius 1 is 1.08 bits per heavy atom. The van der Waals surface area contributed by atoms with Crippen LogP contribution in [0.15, 0.2) is 0 Å². The molecule has 0 bridgehead atoms. The van der Waals surface area contributed by atoms with Crippen LogP contribution >= 0.6 is 0 Å². The van der Waals surface area contributed by atoms with E-state index in [9.17, 15) is 18.3 Å². The highest BCUT2D eigenvalue weighted by atomic mass is 19.4. The molecule has 1 aromatic rings. The fourth-order valence-electron chi connectivity index (χ4n) is 3.90. The molecule has 2 saturated heterocycles. The Labute approximate surface area is 152 Å². The molecule has 1 atom stereocenters. The highest BCUT2D eigenvalue weighted by Crippen LogP contribution is 2.28. The maximum Gasteiger partial charge on any atom is 0.390 e. The number of aliphatic hydroxyl groups excluding tert-OH is 1. The lowest BCUT2D eigenvalue weighted by Crippen LogP contribution is -2.37. The van der Waals surface area contributed by atoms with Crippen molar-refractivity contribution in [1.29, 1.82) is 0 Å². The molecule has 3 heterocycles. The monoisotopic (exact) mass is 375 g/mol. The van der Waals surface area contributed by atoms with Gasteiger partial charge in [0.25, 0.3) is 0 Å². The normalized spacial score (nSPS) is 24.3. The first-order chi connectivity index (χ1) is 12.3. The van der Waals surface area contributed by atoms with Crippen molar-refractivity contribution in [2.24, 2.45) is 7.05 Å². The SMILES string of the molecule is Cn1c(CN2CCC(O)CC2)nnc1[C@@H]1CCCN(CCC(F)(F)F)C1. The number of hydrogen-bond donors (Lipinski definition) is 1. The summed E-state index contributed by atoms with van der Waals surface area (Å²) >= 11 is 0. The largest absolute Gasteiger partial charge is 0.393 e. The van der Waals surface area contributed by atoms with Gasteiger partial charge in [-0.25, -0.2) is 0 Å². The van der Waals surface area contributed by atoms with E-state index in [4.69, 9.17) is 0 Å². The Hall–Kier alpha value is -1.19. The molecular formula is C17H28F3N5O. The molecular weight excluding hydrogens is 347 g/mol. The molecule has 0 spiro atoms. The van der Waals surface area contributed by atoms with Crippen LogP contribution in [0.4, 0.5) is 13.2 Å². The summed E-state index contributed by atoms with van der Waals surface area (Å²) in [5.74, 6) is 1.88. The van der Waals surface area contributed by atoms with Gasteiger partial charge in [-0.15, -0.1) is 10.2 Å². The van der Waals surface area contributed by atoms with Gasteiger partial charge in [-0.3, -0.25) is 4.90 Å². The van der Waals surface area contributed by atoms with E-state index in [0.29, 0.717) is 19.6 Å². The van der Waals surface area contributed by atoms with E-state index in [0.717, 1.165) is 50.4 Å². The second-order valence-electron chi connectivity index (χ2n) is 7.55. The van der Waals surface area contributed by atoms with E-state index in [2.05, 4.69) is 15.1 Å². The number of aromatic nitrogens is 3. The Kier molecular flexibility index (Phi) is 6.19. The zero-order chi connectivity index (χ0) is 18.7. The molecule has 1 aromatic heterocycles. The summed E-state index contributed by atoms with van der Waals surface area (Å²) in [6.07, 6.45) is -1.69. The van der Waals surface area contributed by atoms with Crippen LogP contribution in [-0.4, -0.2) is 74.7 Å². The summed E-state index contributed by atoms with van der Waals surface area (Å²) in [6.45, 7) is 3.77. The van der Waals surface area contributed by atoms with E-state index in [1.807, 2.05) is 16.5 Å². The molecule has 26 heavy (non-hydrogen) atoms. The molecule has 0 unspecified atom stereocenters.